The number of hydrazine groups is 1. The predicted molar refractivity (Wildman–Crippen MR) is 90.8 cm³/mol. The van der Waals surface area contributed by atoms with Crippen LogP contribution < -0.4 is 16.2 Å². The van der Waals surface area contributed by atoms with Crippen LogP contribution in [0.3, 0.4) is 0 Å². The van der Waals surface area contributed by atoms with E-state index in [0.29, 0.717) is 12.8 Å². The first-order chi connectivity index (χ1) is 11.7. The van der Waals surface area contributed by atoms with Crippen LogP contribution in [0, 0.1) is 6.92 Å². The Labute approximate surface area is 141 Å². The van der Waals surface area contributed by atoms with Crippen LogP contribution in [0.2, 0.25) is 0 Å². The first-order valence-corrected chi connectivity index (χ1v) is 8.39. The Balaban J connectivity index is 1.46. The number of amides is 1. The van der Waals surface area contributed by atoms with Gasteiger partial charge in [-0.15, -0.1) is 0 Å². The minimum Gasteiger partial charge on any atom is -0.339 e. The third-order valence-corrected chi connectivity index (χ3v) is 4.34. The van der Waals surface area contributed by atoms with Crippen molar-refractivity contribution in [2.75, 3.05) is 0 Å². The average Bonchev–Trinajstić information content (AvgIpc) is 3.20. The van der Waals surface area contributed by atoms with Crippen molar-refractivity contribution in [3.05, 3.63) is 47.5 Å². The molecule has 128 valence electrons. The number of aromatic nitrogens is 3. The average molecular weight is 328 g/mol. The molecule has 2 aromatic rings. The fourth-order valence-corrected chi connectivity index (χ4v) is 2.95. The Hall–Kier alpha value is -2.25. The largest absolute Gasteiger partial charge is 0.339 e. The van der Waals surface area contributed by atoms with E-state index in [1.165, 1.54) is 0 Å². The van der Waals surface area contributed by atoms with Crippen LogP contribution in [-0.4, -0.2) is 26.8 Å². The molecule has 2 atom stereocenters. The first kappa shape index (κ1) is 16.6. The van der Waals surface area contributed by atoms with Gasteiger partial charge in [0.05, 0.1) is 11.9 Å². The summed E-state index contributed by atoms with van der Waals surface area (Å²) in [7, 11) is 0. The van der Waals surface area contributed by atoms with Gasteiger partial charge in [0.1, 0.15) is 0 Å². The number of carbonyl (C=O) groups is 1. The van der Waals surface area contributed by atoms with Crippen molar-refractivity contribution >= 4 is 5.91 Å². The van der Waals surface area contributed by atoms with Crippen LogP contribution in [0.5, 0.6) is 0 Å². The number of hydrogen-bond acceptors (Lipinski definition) is 5. The lowest BCUT2D eigenvalue weighted by atomic mass is 10.1. The summed E-state index contributed by atoms with van der Waals surface area (Å²) < 4.78 is 1.91. The number of rotatable bonds is 6. The van der Waals surface area contributed by atoms with Crippen LogP contribution >= 0.6 is 0 Å². The fraction of sp³-hybridized carbons (Fsp3) is 0.471. The minimum absolute atomic E-state index is 0.0494. The summed E-state index contributed by atoms with van der Waals surface area (Å²) in [5.74, 6) is 0.0494. The molecule has 24 heavy (non-hydrogen) atoms. The molecule has 1 amide bonds. The molecule has 3 rings (SSSR count). The maximum atomic E-state index is 12.2. The van der Waals surface area contributed by atoms with E-state index in [1.807, 2.05) is 29.9 Å². The van der Waals surface area contributed by atoms with E-state index in [-0.39, 0.29) is 18.1 Å². The fourth-order valence-electron chi connectivity index (χ4n) is 2.95. The third kappa shape index (κ3) is 3.98. The summed E-state index contributed by atoms with van der Waals surface area (Å²) in [4.78, 5) is 16.2. The van der Waals surface area contributed by atoms with E-state index in [1.54, 1.807) is 12.4 Å². The van der Waals surface area contributed by atoms with Crippen molar-refractivity contribution in [3.63, 3.8) is 0 Å². The summed E-state index contributed by atoms with van der Waals surface area (Å²) in [5, 5.41) is 7.45. The van der Waals surface area contributed by atoms with E-state index >= 15 is 0 Å². The van der Waals surface area contributed by atoms with Crippen molar-refractivity contribution in [3.8, 4) is 0 Å². The lowest BCUT2D eigenvalue weighted by Gasteiger charge is -2.12. The van der Waals surface area contributed by atoms with E-state index in [9.17, 15) is 4.79 Å². The first-order valence-electron chi connectivity index (χ1n) is 8.39. The normalized spacial score (nSPS) is 20.2. The van der Waals surface area contributed by atoms with Crippen LogP contribution in [0.4, 0.5) is 0 Å². The number of aryl methyl sites for hydroxylation is 3. The molecule has 1 fully saturated rings. The number of hydrogen-bond donors (Lipinski definition) is 3. The molecule has 0 saturated carbocycles. The van der Waals surface area contributed by atoms with Crippen LogP contribution in [-0.2, 0) is 17.8 Å². The van der Waals surface area contributed by atoms with Gasteiger partial charge in [-0.1, -0.05) is 0 Å². The second kappa shape index (κ2) is 7.55. The topological polar surface area (TPSA) is 83.9 Å². The van der Waals surface area contributed by atoms with Gasteiger partial charge in [-0.2, -0.15) is 5.10 Å². The van der Waals surface area contributed by atoms with Crippen LogP contribution in [0.1, 0.15) is 42.6 Å². The highest BCUT2D eigenvalue weighted by Crippen LogP contribution is 2.20. The zero-order valence-electron chi connectivity index (χ0n) is 14.1. The van der Waals surface area contributed by atoms with Gasteiger partial charge in [0, 0.05) is 44.0 Å². The highest BCUT2D eigenvalue weighted by molar-refractivity contribution is 5.76. The Morgan fingerprint density at radius 1 is 1.38 bits per heavy atom. The molecule has 2 aromatic heterocycles. The zero-order valence-corrected chi connectivity index (χ0v) is 14.1. The maximum absolute atomic E-state index is 12.2. The Kier molecular flexibility index (Phi) is 5.22. The second-order valence-corrected chi connectivity index (χ2v) is 6.07. The SMILES string of the molecule is CCn1cc(CCC(=O)NC2CC(c3ccncc3)NN2)c(C)n1. The molecule has 1 aliphatic rings. The second-order valence-electron chi connectivity index (χ2n) is 6.07. The summed E-state index contributed by atoms with van der Waals surface area (Å²) >= 11 is 0. The van der Waals surface area contributed by atoms with Gasteiger partial charge in [-0.3, -0.25) is 14.5 Å². The molecule has 1 saturated heterocycles. The van der Waals surface area contributed by atoms with Gasteiger partial charge >= 0.3 is 0 Å². The molecule has 7 heteroatoms. The molecular weight excluding hydrogens is 304 g/mol. The molecular formula is C17H24N6O. The van der Waals surface area contributed by atoms with Gasteiger partial charge in [0.25, 0.3) is 0 Å². The smallest absolute Gasteiger partial charge is 0.221 e. The number of nitrogens with zero attached hydrogens (tertiary/aromatic N) is 3. The van der Waals surface area contributed by atoms with Crippen molar-refractivity contribution in [1.82, 2.24) is 30.9 Å². The highest BCUT2D eigenvalue weighted by atomic mass is 16.1. The molecule has 1 aliphatic heterocycles. The van der Waals surface area contributed by atoms with Gasteiger partial charge in [0.15, 0.2) is 0 Å². The summed E-state index contributed by atoms with van der Waals surface area (Å²) in [5.41, 5.74) is 9.66. The highest BCUT2D eigenvalue weighted by Gasteiger charge is 2.25. The van der Waals surface area contributed by atoms with E-state index in [2.05, 4.69) is 33.2 Å². The summed E-state index contributed by atoms with van der Waals surface area (Å²) in [6, 6.07) is 4.15. The lowest BCUT2D eigenvalue weighted by Crippen LogP contribution is -2.44. The minimum atomic E-state index is -0.0601. The Bertz CT molecular complexity index is 684. The standard InChI is InChI=1S/C17H24N6O/c1-3-23-11-14(12(2)22-23)4-5-17(24)19-16-10-15(20-21-16)13-6-8-18-9-7-13/h6-9,11,15-16,20-21H,3-5,10H2,1-2H3,(H,19,24). The molecule has 3 N–H and O–H groups in total. The molecule has 0 bridgehead atoms. The van der Waals surface area contributed by atoms with Crippen molar-refractivity contribution in [1.29, 1.82) is 0 Å². The van der Waals surface area contributed by atoms with E-state index < -0.39 is 0 Å². The summed E-state index contributed by atoms with van der Waals surface area (Å²) in [6.07, 6.45) is 7.51. The van der Waals surface area contributed by atoms with E-state index in [0.717, 1.165) is 29.8 Å². The summed E-state index contributed by atoms with van der Waals surface area (Å²) in [6.45, 7) is 4.89. The number of nitrogens with one attached hydrogen (secondary N) is 3. The lowest BCUT2D eigenvalue weighted by molar-refractivity contribution is -0.121. The van der Waals surface area contributed by atoms with Crippen molar-refractivity contribution in [2.24, 2.45) is 0 Å². The predicted octanol–water partition coefficient (Wildman–Crippen LogP) is 1.22. The molecule has 0 radical (unpaired) electrons. The molecule has 7 nitrogen and oxygen atoms in total. The van der Waals surface area contributed by atoms with E-state index in [4.69, 9.17) is 0 Å². The van der Waals surface area contributed by atoms with Gasteiger partial charge in [-0.05, 0) is 43.5 Å². The monoisotopic (exact) mass is 328 g/mol. The quantitative estimate of drug-likeness (QED) is 0.742. The Morgan fingerprint density at radius 3 is 2.88 bits per heavy atom. The third-order valence-electron chi connectivity index (χ3n) is 4.34. The van der Waals surface area contributed by atoms with Gasteiger partial charge < -0.3 is 5.32 Å². The molecule has 0 spiro atoms. The van der Waals surface area contributed by atoms with Crippen molar-refractivity contribution in [2.45, 2.75) is 51.9 Å². The van der Waals surface area contributed by atoms with Crippen LogP contribution in [0.15, 0.2) is 30.7 Å². The molecule has 0 aliphatic carbocycles. The maximum Gasteiger partial charge on any atom is 0.221 e. The number of carbonyl (C=O) groups excluding carboxylic acids is 1. The van der Waals surface area contributed by atoms with Gasteiger partial charge in [0.2, 0.25) is 5.91 Å². The molecule has 0 aromatic carbocycles. The number of pyridine rings is 1. The van der Waals surface area contributed by atoms with Gasteiger partial charge in [-0.25, -0.2) is 10.9 Å². The van der Waals surface area contributed by atoms with Crippen molar-refractivity contribution < 1.29 is 4.79 Å². The zero-order chi connectivity index (χ0) is 16.9. The Morgan fingerprint density at radius 2 is 2.17 bits per heavy atom. The molecule has 2 unspecified atom stereocenters. The molecule has 3 heterocycles. The van der Waals surface area contributed by atoms with Crippen LogP contribution in [0.25, 0.3) is 0 Å².